The lowest BCUT2D eigenvalue weighted by molar-refractivity contribution is -0.126. The lowest BCUT2D eigenvalue weighted by Gasteiger charge is -2.40. The van der Waals surface area contributed by atoms with Gasteiger partial charge in [0.1, 0.15) is 17.4 Å². The molecule has 0 radical (unpaired) electrons. The summed E-state index contributed by atoms with van der Waals surface area (Å²) in [5.41, 5.74) is 1.42. The Labute approximate surface area is 243 Å². The first-order valence-corrected chi connectivity index (χ1v) is 15.9. The number of pyridine rings is 1. The second kappa shape index (κ2) is 10.1. The zero-order chi connectivity index (χ0) is 29.2. The molecule has 4 aromatic heterocycles. The van der Waals surface area contributed by atoms with Crippen molar-refractivity contribution in [1.82, 2.24) is 33.9 Å². The van der Waals surface area contributed by atoms with Crippen LogP contribution in [0, 0.1) is 11.8 Å². The van der Waals surface area contributed by atoms with Crippen LogP contribution < -0.4 is 10.2 Å². The summed E-state index contributed by atoms with van der Waals surface area (Å²) < 4.78 is 28.0. The van der Waals surface area contributed by atoms with E-state index in [9.17, 15) is 18.3 Å². The first-order valence-electron chi connectivity index (χ1n) is 14.4. The van der Waals surface area contributed by atoms with Gasteiger partial charge in [-0.15, -0.1) is 0 Å². The fourth-order valence-corrected chi connectivity index (χ4v) is 7.14. The van der Waals surface area contributed by atoms with E-state index in [-0.39, 0.29) is 29.1 Å². The standard InChI is InChI=1S/C28H33N9O4S/c1-16(2)37-23-10-26(30-12-22(23)28(34-37)35-13-19(14-35)24(39)9-17-7-20(38)8-17)32-25-5-6-29-27(33-25)18-11-31-36(15-18)42(40,41)21-3-4-21/h5-6,10-12,15-17,19-21,38H,3-4,7-9,13-14H2,1-2H3,(H,29,30,32,33). The minimum Gasteiger partial charge on any atom is -0.393 e. The molecule has 7 rings (SSSR count). The molecule has 0 bridgehead atoms. The molecule has 13 nitrogen and oxygen atoms in total. The summed E-state index contributed by atoms with van der Waals surface area (Å²) >= 11 is 0. The van der Waals surface area contributed by atoms with E-state index in [0.717, 1.165) is 33.6 Å². The van der Waals surface area contributed by atoms with Gasteiger partial charge >= 0.3 is 0 Å². The van der Waals surface area contributed by atoms with Crippen LogP contribution >= 0.6 is 0 Å². The quantitative estimate of drug-likeness (QED) is 0.279. The molecule has 14 heteroatoms. The molecule has 2 saturated carbocycles. The number of aliphatic hydroxyl groups is 1. The summed E-state index contributed by atoms with van der Waals surface area (Å²) in [5.74, 6) is 2.86. The molecule has 220 valence electrons. The Bertz CT molecular complexity index is 1770. The smallest absolute Gasteiger partial charge is 0.256 e. The summed E-state index contributed by atoms with van der Waals surface area (Å²) in [6, 6.07) is 3.75. The van der Waals surface area contributed by atoms with Gasteiger partial charge < -0.3 is 15.3 Å². The first kappa shape index (κ1) is 27.0. The van der Waals surface area contributed by atoms with Gasteiger partial charge in [-0.05, 0) is 51.5 Å². The van der Waals surface area contributed by atoms with E-state index < -0.39 is 10.0 Å². The van der Waals surface area contributed by atoms with Gasteiger partial charge in [-0.25, -0.2) is 23.4 Å². The van der Waals surface area contributed by atoms with Crippen molar-refractivity contribution >= 4 is 44.2 Å². The predicted molar refractivity (Wildman–Crippen MR) is 156 cm³/mol. The Hall–Kier alpha value is -3.91. The van der Waals surface area contributed by atoms with E-state index >= 15 is 0 Å². The highest BCUT2D eigenvalue weighted by Crippen LogP contribution is 2.36. The summed E-state index contributed by atoms with van der Waals surface area (Å²) in [7, 11) is -3.47. The van der Waals surface area contributed by atoms with Crippen molar-refractivity contribution in [2.75, 3.05) is 23.3 Å². The third-order valence-corrected chi connectivity index (χ3v) is 10.4. The maximum absolute atomic E-state index is 12.7. The molecular weight excluding hydrogens is 558 g/mol. The van der Waals surface area contributed by atoms with E-state index in [1.54, 1.807) is 18.5 Å². The van der Waals surface area contributed by atoms with Crippen LogP contribution in [0.3, 0.4) is 0 Å². The molecule has 3 fully saturated rings. The van der Waals surface area contributed by atoms with Crippen LogP contribution in [0.4, 0.5) is 17.5 Å². The molecule has 42 heavy (non-hydrogen) atoms. The number of fused-ring (bicyclic) bond motifs is 1. The number of hydrogen-bond donors (Lipinski definition) is 2. The zero-order valence-electron chi connectivity index (χ0n) is 23.5. The average molecular weight is 592 g/mol. The van der Waals surface area contributed by atoms with Crippen molar-refractivity contribution in [3.8, 4) is 11.4 Å². The number of carbonyl (C=O) groups excluding carboxylic acids is 1. The molecule has 0 atom stereocenters. The minimum absolute atomic E-state index is 0.00349. The number of anilines is 3. The molecule has 1 aliphatic heterocycles. The Balaban J connectivity index is 1.08. The lowest BCUT2D eigenvalue weighted by Crippen LogP contribution is -2.51. The highest BCUT2D eigenvalue weighted by molar-refractivity contribution is 7.90. The SMILES string of the molecule is CC(C)n1nc(N2CC(C(=O)CC3CC(O)C3)C2)c2cnc(Nc3ccnc(-c4cnn(S(=O)(=O)C5CC5)c4)n3)cc21. The van der Waals surface area contributed by atoms with Crippen molar-refractivity contribution in [1.29, 1.82) is 0 Å². The second-order valence-electron chi connectivity index (χ2n) is 11.9. The number of rotatable bonds is 10. The summed E-state index contributed by atoms with van der Waals surface area (Å²) in [6.07, 6.45) is 9.40. The number of Topliss-reactive ketones (excluding diaryl/α,β-unsaturated/α-hetero) is 1. The Kier molecular flexibility index (Phi) is 6.50. The fraction of sp³-hybridized carbons (Fsp3) is 0.500. The van der Waals surface area contributed by atoms with Gasteiger partial charge in [0, 0.05) is 44.0 Å². The van der Waals surface area contributed by atoms with Gasteiger partial charge in [-0.1, -0.05) is 0 Å². The fourth-order valence-electron chi connectivity index (χ4n) is 5.66. The number of aliphatic hydroxyl groups excluding tert-OH is 1. The van der Waals surface area contributed by atoms with Crippen LogP contribution in [0.2, 0.25) is 0 Å². The van der Waals surface area contributed by atoms with E-state index in [2.05, 4.69) is 44.1 Å². The van der Waals surface area contributed by atoms with Gasteiger partial charge in [0.05, 0.1) is 46.1 Å². The Morgan fingerprint density at radius 1 is 1.14 bits per heavy atom. The van der Waals surface area contributed by atoms with Crippen LogP contribution in [0.1, 0.15) is 52.0 Å². The highest BCUT2D eigenvalue weighted by atomic mass is 32.2. The molecule has 0 aromatic carbocycles. The molecule has 0 unspecified atom stereocenters. The van der Waals surface area contributed by atoms with Crippen molar-refractivity contribution in [3.63, 3.8) is 0 Å². The van der Waals surface area contributed by atoms with Gasteiger partial charge in [-0.2, -0.15) is 14.3 Å². The number of aromatic nitrogens is 7. The van der Waals surface area contributed by atoms with E-state index in [1.807, 2.05) is 10.7 Å². The molecule has 1 saturated heterocycles. The van der Waals surface area contributed by atoms with E-state index in [1.165, 1.54) is 12.4 Å². The lowest BCUT2D eigenvalue weighted by atomic mass is 9.76. The highest BCUT2D eigenvalue weighted by Gasteiger charge is 2.39. The van der Waals surface area contributed by atoms with Crippen LogP contribution in [0.5, 0.6) is 0 Å². The molecule has 5 heterocycles. The zero-order valence-corrected chi connectivity index (χ0v) is 24.3. The summed E-state index contributed by atoms with van der Waals surface area (Å²) in [6.45, 7) is 5.42. The van der Waals surface area contributed by atoms with Crippen LogP contribution in [-0.2, 0) is 14.8 Å². The largest absolute Gasteiger partial charge is 0.393 e. The Morgan fingerprint density at radius 3 is 2.64 bits per heavy atom. The molecule has 3 aliphatic rings. The average Bonchev–Trinajstić information content (AvgIpc) is 3.54. The van der Waals surface area contributed by atoms with Crippen molar-refractivity contribution in [2.24, 2.45) is 11.8 Å². The predicted octanol–water partition coefficient (Wildman–Crippen LogP) is 2.92. The monoisotopic (exact) mass is 591 g/mol. The van der Waals surface area contributed by atoms with Crippen LogP contribution in [-0.4, -0.2) is 77.7 Å². The maximum atomic E-state index is 12.7. The molecule has 2 aliphatic carbocycles. The molecule has 0 spiro atoms. The second-order valence-corrected chi connectivity index (χ2v) is 14.0. The third-order valence-electron chi connectivity index (χ3n) is 8.33. The first-order chi connectivity index (χ1) is 20.2. The Morgan fingerprint density at radius 2 is 1.93 bits per heavy atom. The molecular formula is C28H33N9O4S. The number of nitrogens with zero attached hydrogens (tertiary/aromatic N) is 8. The van der Waals surface area contributed by atoms with Crippen molar-refractivity contribution in [3.05, 3.63) is 36.9 Å². The van der Waals surface area contributed by atoms with Crippen LogP contribution in [0.15, 0.2) is 36.9 Å². The van der Waals surface area contributed by atoms with E-state index in [4.69, 9.17) is 5.10 Å². The molecule has 0 amide bonds. The van der Waals surface area contributed by atoms with Crippen molar-refractivity contribution < 1.29 is 18.3 Å². The number of carbonyl (C=O) groups is 1. The van der Waals surface area contributed by atoms with Crippen LogP contribution in [0.25, 0.3) is 22.3 Å². The normalized spacial score (nSPS) is 21.0. The van der Waals surface area contributed by atoms with Gasteiger partial charge in [0.25, 0.3) is 10.0 Å². The molecule has 2 N–H and O–H groups in total. The summed E-state index contributed by atoms with van der Waals surface area (Å²) in [4.78, 5) is 28.3. The van der Waals surface area contributed by atoms with Gasteiger partial charge in [0.2, 0.25) is 0 Å². The van der Waals surface area contributed by atoms with Gasteiger partial charge in [0.15, 0.2) is 11.6 Å². The summed E-state index contributed by atoms with van der Waals surface area (Å²) in [5, 5.41) is 22.2. The number of ketones is 1. The number of hydrogen-bond acceptors (Lipinski definition) is 11. The topological polar surface area (TPSA) is 161 Å². The molecule has 4 aromatic rings. The maximum Gasteiger partial charge on any atom is 0.256 e. The third kappa shape index (κ3) is 4.91. The number of nitrogens with one attached hydrogen (secondary N) is 1. The van der Waals surface area contributed by atoms with Crippen molar-refractivity contribution in [2.45, 2.75) is 63.3 Å². The van der Waals surface area contributed by atoms with E-state index in [0.29, 0.717) is 61.3 Å². The van der Waals surface area contributed by atoms with Gasteiger partial charge in [-0.3, -0.25) is 9.48 Å². The minimum atomic E-state index is -3.47.